The maximum absolute atomic E-state index is 12.9. The Kier molecular flexibility index (Phi) is 10.1. The zero-order valence-corrected chi connectivity index (χ0v) is 20.9. The van der Waals surface area contributed by atoms with E-state index in [1.54, 1.807) is 12.1 Å². The average molecular weight is 525 g/mol. The summed E-state index contributed by atoms with van der Waals surface area (Å²) in [6, 6.07) is 3.64. The van der Waals surface area contributed by atoms with E-state index in [0.29, 0.717) is 19.4 Å². The molecule has 3 fully saturated rings. The molecule has 1 aromatic rings. The molecule has 2 saturated heterocycles. The Morgan fingerprint density at radius 2 is 1.71 bits per heavy atom. The van der Waals surface area contributed by atoms with Gasteiger partial charge in [0.15, 0.2) is 0 Å². The molecule has 1 aromatic carbocycles. The number of carboxylic acid groups (broad SMARTS) is 1. The molecular formula is C23H32N4O6S2. The van der Waals surface area contributed by atoms with Gasteiger partial charge in [-0.15, -0.1) is 0 Å². The lowest BCUT2D eigenvalue weighted by Crippen LogP contribution is -2.53. The molecule has 35 heavy (non-hydrogen) atoms. The van der Waals surface area contributed by atoms with Crippen LogP contribution in [0.5, 0.6) is 5.75 Å². The van der Waals surface area contributed by atoms with Crippen LogP contribution in [0.3, 0.4) is 0 Å². The number of hydrogen-bond donors (Lipinski definition) is 6. The van der Waals surface area contributed by atoms with Crippen molar-refractivity contribution < 1.29 is 29.4 Å². The number of aliphatic carboxylic acids is 1. The molecule has 3 aliphatic rings. The molecule has 4 rings (SSSR count). The van der Waals surface area contributed by atoms with Gasteiger partial charge in [0, 0.05) is 24.0 Å². The molecule has 2 heterocycles. The van der Waals surface area contributed by atoms with Crippen molar-refractivity contribution in [1.82, 2.24) is 16.0 Å². The minimum absolute atomic E-state index is 0.117. The van der Waals surface area contributed by atoms with Gasteiger partial charge in [-0.25, -0.2) is 4.79 Å². The second-order valence-electron chi connectivity index (χ2n) is 8.97. The van der Waals surface area contributed by atoms with E-state index in [1.807, 2.05) is 0 Å². The quantitative estimate of drug-likeness (QED) is 0.302. The molecule has 2 bridgehead atoms. The fourth-order valence-corrected chi connectivity index (χ4v) is 6.45. The second-order valence-corrected chi connectivity index (χ2v) is 11.5. The first-order chi connectivity index (χ1) is 16.7. The Bertz CT molecular complexity index is 908. The number of benzene rings is 1. The van der Waals surface area contributed by atoms with Gasteiger partial charge < -0.3 is 31.9 Å². The Morgan fingerprint density at radius 1 is 1.06 bits per heavy atom. The van der Waals surface area contributed by atoms with Crippen LogP contribution in [0.4, 0.5) is 0 Å². The van der Waals surface area contributed by atoms with Gasteiger partial charge in [0.1, 0.15) is 17.8 Å². The zero-order chi connectivity index (χ0) is 25.4. The molecule has 12 heteroatoms. The molecule has 3 atom stereocenters. The molecule has 1 aliphatic carbocycles. The van der Waals surface area contributed by atoms with Crippen LogP contribution in [0.25, 0.3) is 0 Å². The number of fused-ring (bicyclic) bond motifs is 12. The highest BCUT2D eigenvalue weighted by Crippen LogP contribution is 2.29. The topological polar surface area (TPSA) is 171 Å². The van der Waals surface area contributed by atoms with Crippen molar-refractivity contribution >= 4 is 45.3 Å². The van der Waals surface area contributed by atoms with Gasteiger partial charge in [0.05, 0.1) is 6.04 Å². The van der Waals surface area contributed by atoms with Crippen LogP contribution < -0.4 is 21.7 Å². The number of nitrogens with one attached hydrogen (secondary N) is 3. The summed E-state index contributed by atoms with van der Waals surface area (Å²) in [5.41, 5.74) is 6.84. The number of phenolic OH excluding ortho intramolecular Hbond substituents is 1. The van der Waals surface area contributed by atoms with E-state index in [-0.39, 0.29) is 47.3 Å². The fraction of sp³-hybridized carbons (Fsp3) is 0.565. The molecule has 0 radical (unpaired) electrons. The van der Waals surface area contributed by atoms with Crippen LogP contribution in [0.2, 0.25) is 0 Å². The maximum atomic E-state index is 12.9. The van der Waals surface area contributed by atoms with Gasteiger partial charge in [-0.3, -0.25) is 14.4 Å². The summed E-state index contributed by atoms with van der Waals surface area (Å²) in [6.07, 6.45) is 3.05. The molecule has 2 aliphatic heterocycles. The highest BCUT2D eigenvalue weighted by molar-refractivity contribution is 8.76. The molecule has 3 amide bonds. The zero-order valence-electron chi connectivity index (χ0n) is 19.3. The van der Waals surface area contributed by atoms with Crippen molar-refractivity contribution in [2.45, 2.75) is 50.2 Å². The van der Waals surface area contributed by atoms with Gasteiger partial charge in [-0.05, 0) is 55.7 Å². The van der Waals surface area contributed by atoms with Crippen LogP contribution in [-0.4, -0.2) is 70.1 Å². The normalized spacial score (nSPS) is 27.0. The van der Waals surface area contributed by atoms with E-state index in [9.17, 15) is 29.4 Å². The molecule has 192 valence electrons. The minimum atomic E-state index is -1.10. The van der Waals surface area contributed by atoms with Gasteiger partial charge in [0.25, 0.3) is 0 Å². The number of rotatable bonds is 5. The highest BCUT2D eigenvalue weighted by atomic mass is 33.1. The van der Waals surface area contributed by atoms with Crippen LogP contribution in [-0.2, 0) is 25.6 Å². The first kappa shape index (κ1) is 27.2. The van der Waals surface area contributed by atoms with Crippen molar-refractivity contribution in [3.05, 3.63) is 29.8 Å². The summed E-state index contributed by atoms with van der Waals surface area (Å²) < 4.78 is 0. The van der Waals surface area contributed by atoms with Gasteiger partial charge in [0.2, 0.25) is 17.7 Å². The van der Waals surface area contributed by atoms with E-state index in [1.165, 1.54) is 33.7 Å². The van der Waals surface area contributed by atoms with Crippen LogP contribution in [0.15, 0.2) is 24.3 Å². The number of carboxylic acids is 1. The van der Waals surface area contributed by atoms with E-state index in [0.717, 1.165) is 18.4 Å². The SMILES string of the molecule is N[C@@H](Cc1ccc(O)cc1)C(=O)N[C@H]1CSSC[C@@H](C(=O)O)NC(=O)C2CCC(CC2)CNC1=O. The summed E-state index contributed by atoms with van der Waals surface area (Å²) in [7, 11) is 2.48. The maximum Gasteiger partial charge on any atom is 0.327 e. The van der Waals surface area contributed by atoms with E-state index >= 15 is 0 Å². The van der Waals surface area contributed by atoms with E-state index in [4.69, 9.17) is 5.73 Å². The van der Waals surface area contributed by atoms with Gasteiger partial charge in [-0.1, -0.05) is 33.7 Å². The smallest absolute Gasteiger partial charge is 0.327 e. The molecule has 0 aromatic heterocycles. The number of carbonyl (C=O) groups excluding carboxylic acids is 3. The Balaban J connectivity index is 1.64. The number of hydrogen-bond acceptors (Lipinski definition) is 8. The average Bonchev–Trinajstić information content (AvgIpc) is 2.84. The van der Waals surface area contributed by atoms with Crippen LogP contribution in [0.1, 0.15) is 31.2 Å². The van der Waals surface area contributed by atoms with Crippen molar-refractivity contribution in [1.29, 1.82) is 0 Å². The number of phenols is 1. The van der Waals surface area contributed by atoms with Crippen molar-refractivity contribution in [2.75, 3.05) is 18.1 Å². The first-order valence-corrected chi connectivity index (χ1v) is 14.1. The number of aromatic hydroxyl groups is 1. The largest absolute Gasteiger partial charge is 0.508 e. The molecule has 7 N–H and O–H groups in total. The van der Waals surface area contributed by atoms with Gasteiger partial charge in [-0.2, -0.15) is 0 Å². The monoisotopic (exact) mass is 524 g/mol. The molecule has 10 nitrogen and oxygen atoms in total. The predicted octanol–water partition coefficient (Wildman–Crippen LogP) is 0.634. The highest BCUT2D eigenvalue weighted by Gasteiger charge is 2.31. The fourth-order valence-electron chi connectivity index (χ4n) is 4.13. The van der Waals surface area contributed by atoms with E-state index < -0.39 is 30.0 Å². The lowest BCUT2D eigenvalue weighted by Gasteiger charge is -2.29. The lowest BCUT2D eigenvalue weighted by molar-refractivity contribution is -0.142. The summed E-state index contributed by atoms with van der Waals surface area (Å²) in [6.45, 7) is 0.453. The van der Waals surface area contributed by atoms with Crippen LogP contribution in [0, 0.1) is 11.8 Å². The molecular weight excluding hydrogens is 492 g/mol. The summed E-state index contributed by atoms with van der Waals surface area (Å²) in [5.74, 6) is -1.66. The summed E-state index contributed by atoms with van der Waals surface area (Å²) >= 11 is 0. The standard InChI is InChI=1S/C23H32N4O6S2/c24-17(9-13-3-7-16(28)8-4-13)21(30)26-18-11-34-35-12-19(23(32)33)27-20(29)15-5-1-14(2-6-15)10-25-22(18)31/h3-4,7-8,14-15,17-19,28H,1-2,5-6,9-12,24H2,(H,25,31)(H,26,30)(H,27,29)(H,32,33)/t14?,15?,17-,18-,19-/m0/s1. The lowest BCUT2D eigenvalue weighted by atomic mass is 9.81. The Morgan fingerprint density at radius 3 is 2.37 bits per heavy atom. The Hall–Kier alpha value is -2.44. The summed E-state index contributed by atoms with van der Waals surface area (Å²) in [4.78, 5) is 49.8. The third-order valence-electron chi connectivity index (χ3n) is 6.31. The Labute approximate surface area is 211 Å². The molecule has 1 saturated carbocycles. The number of amides is 3. The van der Waals surface area contributed by atoms with Gasteiger partial charge >= 0.3 is 5.97 Å². The minimum Gasteiger partial charge on any atom is -0.508 e. The summed E-state index contributed by atoms with van der Waals surface area (Å²) in [5, 5.41) is 27.2. The molecule has 0 unspecified atom stereocenters. The van der Waals surface area contributed by atoms with E-state index in [2.05, 4.69) is 16.0 Å². The van der Waals surface area contributed by atoms with Crippen molar-refractivity contribution in [2.24, 2.45) is 17.6 Å². The predicted molar refractivity (Wildman–Crippen MR) is 135 cm³/mol. The van der Waals surface area contributed by atoms with Crippen LogP contribution >= 0.6 is 21.6 Å². The third kappa shape index (κ3) is 8.32. The second kappa shape index (κ2) is 13.0. The number of nitrogens with two attached hydrogens (primary N) is 1. The molecule has 0 spiro atoms. The van der Waals surface area contributed by atoms with Crippen molar-refractivity contribution in [3.8, 4) is 5.75 Å². The third-order valence-corrected chi connectivity index (χ3v) is 8.73. The first-order valence-electron chi connectivity index (χ1n) is 11.6. The van der Waals surface area contributed by atoms with Crippen molar-refractivity contribution in [3.63, 3.8) is 0 Å². The number of carbonyl (C=O) groups is 4.